The van der Waals surface area contributed by atoms with Crippen LogP contribution in [0.4, 0.5) is 0 Å². The Morgan fingerprint density at radius 3 is 3.00 bits per heavy atom. The SMILES string of the molecule is O=C(NCCn1nc2c(cc1=O)CCCC2)c1ccc2cc[nH]c2c1. The maximum atomic E-state index is 12.3. The van der Waals surface area contributed by atoms with Crippen molar-refractivity contribution in [2.75, 3.05) is 6.54 Å². The average molecular weight is 336 g/mol. The minimum absolute atomic E-state index is 0.0947. The highest BCUT2D eigenvalue weighted by Crippen LogP contribution is 2.17. The fourth-order valence-electron chi connectivity index (χ4n) is 3.33. The van der Waals surface area contributed by atoms with Crippen LogP contribution in [0, 0.1) is 0 Å². The molecule has 25 heavy (non-hydrogen) atoms. The Kier molecular flexibility index (Phi) is 4.09. The zero-order chi connectivity index (χ0) is 17.2. The Hall–Kier alpha value is -2.89. The highest BCUT2D eigenvalue weighted by molar-refractivity contribution is 5.97. The van der Waals surface area contributed by atoms with E-state index < -0.39 is 0 Å². The molecular formula is C19H20N4O2. The first kappa shape index (κ1) is 15.6. The minimum atomic E-state index is -0.150. The molecule has 4 rings (SSSR count). The van der Waals surface area contributed by atoms with Crippen LogP contribution in [0.3, 0.4) is 0 Å². The lowest BCUT2D eigenvalue weighted by Crippen LogP contribution is -2.33. The van der Waals surface area contributed by atoms with E-state index in [2.05, 4.69) is 15.4 Å². The van der Waals surface area contributed by atoms with E-state index in [0.29, 0.717) is 18.7 Å². The quantitative estimate of drug-likeness (QED) is 0.765. The number of hydrogen-bond acceptors (Lipinski definition) is 3. The van der Waals surface area contributed by atoms with E-state index in [1.54, 1.807) is 12.1 Å². The maximum Gasteiger partial charge on any atom is 0.267 e. The van der Waals surface area contributed by atoms with Gasteiger partial charge in [-0.15, -0.1) is 0 Å². The van der Waals surface area contributed by atoms with Gasteiger partial charge in [0, 0.05) is 29.9 Å². The average Bonchev–Trinajstić information content (AvgIpc) is 3.09. The van der Waals surface area contributed by atoms with Crippen LogP contribution in [-0.2, 0) is 19.4 Å². The molecule has 0 fully saturated rings. The van der Waals surface area contributed by atoms with Gasteiger partial charge in [0.05, 0.1) is 12.2 Å². The predicted molar refractivity (Wildman–Crippen MR) is 95.8 cm³/mol. The zero-order valence-electron chi connectivity index (χ0n) is 13.9. The van der Waals surface area contributed by atoms with Crippen molar-refractivity contribution in [1.82, 2.24) is 20.1 Å². The van der Waals surface area contributed by atoms with Crippen molar-refractivity contribution in [3.8, 4) is 0 Å². The molecule has 128 valence electrons. The van der Waals surface area contributed by atoms with Gasteiger partial charge in [-0.25, -0.2) is 4.68 Å². The maximum absolute atomic E-state index is 12.3. The Morgan fingerprint density at radius 2 is 2.08 bits per heavy atom. The summed E-state index contributed by atoms with van der Waals surface area (Å²) in [7, 11) is 0. The molecule has 3 aromatic rings. The van der Waals surface area contributed by atoms with Gasteiger partial charge in [0.1, 0.15) is 0 Å². The molecule has 6 heteroatoms. The molecule has 1 aliphatic carbocycles. The fraction of sp³-hybridized carbons (Fsp3) is 0.316. The molecule has 0 atom stereocenters. The molecule has 1 amide bonds. The number of hydrogen-bond donors (Lipinski definition) is 2. The van der Waals surface area contributed by atoms with Crippen LogP contribution in [0.15, 0.2) is 41.3 Å². The molecular weight excluding hydrogens is 316 g/mol. The molecule has 0 radical (unpaired) electrons. The van der Waals surface area contributed by atoms with Crippen LogP contribution in [-0.4, -0.2) is 27.2 Å². The van der Waals surface area contributed by atoms with E-state index in [1.165, 1.54) is 4.68 Å². The molecule has 0 saturated heterocycles. The summed E-state index contributed by atoms with van der Waals surface area (Å²) in [6.07, 6.45) is 5.96. The monoisotopic (exact) mass is 336 g/mol. The molecule has 2 aromatic heterocycles. The summed E-state index contributed by atoms with van der Waals surface area (Å²) in [6.45, 7) is 0.746. The third-order valence-electron chi connectivity index (χ3n) is 4.70. The number of carbonyl (C=O) groups excluding carboxylic acids is 1. The van der Waals surface area contributed by atoms with Crippen molar-refractivity contribution in [3.05, 3.63) is 63.7 Å². The van der Waals surface area contributed by atoms with Crippen LogP contribution in [0.5, 0.6) is 0 Å². The van der Waals surface area contributed by atoms with Crippen molar-refractivity contribution in [1.29, 1.82) is 0 Å². The molecule has 1 aliphatic rings. The van der Waals surface area contributed by atoms with Gasteiger partial charge in [-0.05, 0) is 54.8 Å². The van der Waals surface area contributed by atoms with Gasteiger partial charge in [0.25, 0.3) is 11.5 Å². The summed E-state index contributed by atoms with van der Waals surface area (Å²) in [6, 6.07) is 9.20. The summed E-state index contributed by atoms with van der Waals surface area (Å²) in [4.78, 5) is 27.5. The summed E-state index contributed by atoms with van der Waals surface area (Å²) >= 11 is 0. The number of rotatable bonds is 4. The first-order chi connectivity index (χ1) is 12.2. The van der Waals surface area contributed by atoms with Gasteiger partial charge in [-0.3, -0.25) is 9.59 Å². The molecule has 2 heterocycles. The number of fused-ring (bicyclic) bond motifs is 2. The Bertz CT molecular complexity index is 986. The van der Waals surface area contributed by atoms with E-state index >= 15 is 0 Å². The molecule has 2 N–H and O–H groups in total. The number of nitrogens with one attached hydrogen (secondary N) is 2. The number of aryl methyl sites for hydroxylation is 2. The highest BCUT2D eigenvalue weighted by atomic mass is 16.1. The van der Waals surface area contributed by atoms with Crippen LogP contribution < -0.4 is 10.9 Å². The molecule has 0 bridgehead atoms. The molecule has 0 spiro atoms. The van der Waals surface area contributed by atoms with Crippen molar-refractivity contribution in [2.24, 2.45) is 0 Å². The summed E-state index contributed by atoms with van der Waals surface area (Å²) in [5.74, 6) is -0.150. The van der Waals surface area contributed by atoms with Gasteiger partial charge in [-0.1, -0.05) is 6.07 Å². The van der Waals surface area contributed by atoms with Gasteiger partial charge in [0.15, 0.2) is 0 Å². The molecule has 0 saturated carbocycles. The lowest BCUT2D eigenvalue weighted by Gasteiger charge is -2.16. The van der Waals surface area contributed by atoms with E-state index in [-0.39, 0.29) is 11.5 Å². The third-order valence-corrected chi connectivity index (χ3v) is 4.70. The van der Waals surface area contributed by atoms with Gasteiger partial charge in [-0.2, -0.15) is 5.10 Å². The molecule has 1 aromatic carbocycles. The van der Waals surface area contributed by atoms with E-state index in [9.17, 15) is 9.59 Å². The highest BCUT2D eigenvalue weighted by Gasteiger charge is 2.13. The largest absolute Gasteiger partial charge is 0.361 e. The van der Waals surface area contributed by atoms with Crippen molar-refractivity contribution in [2.45, 2.75) is 32.2 Å². The number of benzene rings is 1. The first-order valence-corrected chi connectivity index (χ1v) is 8.66. The number of H-pyrrole nitrogens is 1. The van der Waals surface area contributed by atoms with E-state index in [0.717, 1.165) is 47.8 Å². The van der Waals surface area contributed by atoms with E-state index in [1.807, 2.05) is 24.4 Å². The van der Waals surface area contributed by atoms with Gasteiger partial charge < -0.3 is 10.3 Å². The van der Waals surface area contributed by atoms with Gasteiger partial charge in [0.2, 0.25) is 0 Å². The third kappa shape index (κ3) is 3.20. The van der Waals surface area contributed by atoms with Crippen LogP contribution in [0.2, 0.25) is 0 Å². The van der Waals surface area contributed by atoms with Crippen LogP contribution in [0.1, 0.15) is 34.5 Å². The summed E-state index contributed by atoms with van der Waals surface area (Å²) in [5.41, 5.74) is 3.54. The number of aromatic amines is 1. The molecule has 0 unspecified atom stereocenters. The van der Waals surface area contributed by atoms with E-state index in [4.69, 9.17) is 0 Å². The van der Waals surface area contributed by atoms with Crippen LogP contribution in [0.25, 0.3) is 10.9 Å². The number of aromatic nitrogens is 3. The predicted octanol–water partition coefficient (Wildman–Crippen LogP) is 2.03. The Labute approximate surface area is 144 Å². The standard InChI is InChI=1S/C19H20N4O2/c24-18-12-14-3-1-2-4-16(14)22-23(18)10-9-21-19(25)15-6-5-13-7-8-20-17(13)11-15/h5-8,11-12,20H,1-4,9-10H2,(H,21,25). The molecule has 6 nitrogen and oxygen atoms in total. The topological polar surface area (TPSA) is 79.8 Å². The number of carbonyl (C=O) groups is 1. The second kappa shape index (κ2) is 6.55. The number of amides is 1. The first-order valence-electron chi connectivity index (χ1n) is 8.66. The Morgan fingerprint density at radius 1 is 1.20 bits per heavy atom. The Balaban J connectivity index is 1.41. The lowest BCUT2D eigenvalue weighted by molar-refractivity contribution is 0.0952. The normalized spacial score (nSPS) is 13.6. The summed E-state index contributed by atoms with van der Waals surface area (Å²) in [5, 5.41) is 8.39. The fourth-order valence-corrected chi connectivity index (χ4v) is 3.33. The molecule has 0 aliphatic heterocycles. The van der Waals surface area contributed by atoms with Crippen molar-refractivity contribution in [3.63, 3.8) is 0 Å². The lowest BCUT2D eigenvalue weighted by atomic mass is 9.97. The minimum Gasteiger partial charge on any atom is -0.361 e. The van der Waals surface area contributed by atoms with Crippen molar-refractivity contribution >= 4 is 16.8 Å². The van der Waals surface area contributed by atoms with Gasteiger partial charge >= 0.3 is 0 Å². The second-order valence-electron chi connectivity index (χ2n) is 6.42. The smallest absolute Gasteiger partial charge is 0.267 e. The summed E-state index contributed by atoms with van der Waals surface area (Å²) < 4.78 is 1.46. The van der Waals surface area contributed by atoms with Crippen LogP contribution >= 0.6 is 0 Å². The van der Waals surface area contributed by atoms with Crippen molar-refractivity contribution < 1.29 is 4.79 Å². The number of nitrogens with zero attached hydrogens (tertiary/aromatic N) is 2. The zero-order valence-corrected chi connectivity index (χ0v) is 13.9. The second-order valence-corrected chi connectivity index (χ2v) is 6.42.